The Kier molecular flexibility index (Phi) is 19.3. The first-order chi connectivity index (χ1) is 3.81. The molecule has 1 atom stereocenters. The van der Waals surface area contributed by atoms with Crippen molar-refractivity contribution in [3.8, 4) is 0 Å². The first-order valence-electron chi connectivity index (χ1n) is 3.07. The van der Waals surface area contributed by atoms with E-state index in [1.54, 1.807) is 0 Å². The van der Waals surface area contributed by atoms with Gasteiger partial charge in [0.15, 0.2) is 0 Å². The van der Waals surface area contributed by atoms with E-state index in [0.29, 0.717) is 13.2 Å². The summed E-state index contributed by atoms with van der Waals surface area (Å²) >= 11 is 0. The fraction of sp³-hybridized carbons (Fsp3) is 1.00. The first-order valence-corrected chi connectivity index (χ1v) is 3.07. The molecule has 0 spiro atoms. The minimum atomic E-state index is -0.269. The molecule has 0 saturated heterocycles. The Morgan fingerprint density at radius 2 is 1.80 bits per heavy atom. The molecule has 10 heavy (non-hydrogen) atoms. The van der Waals surface area contributed by atoms with Crippen LogP contribution in [0.25, 0.3) is 0 Å². The predicted octanol–water partition coefficient (Wildman–Crippen LogP) is 2.07. The van der Waals surface area contributed by atoms with Crippen LogP contribution in [0.2, 0.25) is 0 Å². The maximum absolute atomic E-state index is 8.86. The van der Waals surface area contributed by atoms with E-state index in [1.807, 2.05) is 13.8 Å². The topological polar surface area (TPSA) is 29.5 Å². The standard InChI is InChI=1S/C6H14O2.2CH4/c1-3-6(7)5-8-4-2;;/h6-7H,3-5H2,1-2H3;2*1H4. The second-order valence-corrected chi connectivity index (χ2v) is 1.72. The number of hydrogen-bond donors (Lipinski definition) is 1. The average Bonchev–Trinajstić information content (AvgIpc) is 1.83. The van der Waals surface area contributed by atoms with Crippen LogP contribution >= 0.6 is 0 Å². The molecule has 0 rings (SSSR count). The van der Waals surface area contributed by atoms with Gasteiger partial charge < -0.3 is 9.84 Å². The zero-order valence-electron chi connectivity index (χ0n) is 5.55. The zero-order chi connectivity index (χ0) is 6.41. The van der Waals surface area contributed by atoms with E-state index in [0.717, 1.165) is 6.42 Å². The lowest BCUT2D eigenvalue weighted by Gasteiger charge is -2.05. The molecule has 0 bridgehead atoms. The van der Waals surface area contributed by atoms with Gasteiger partial charge in [0.05, 0.1) is 12.7 Å². The van der Waals surface area contributed by atoms with Crippen molar-refractivity contribution in [3.63, 3.8) is 0 Å². The molecule has 1 N–H and O–H groups in total. The number of aliphatic hydroxyl groups is 1. The summed E-state index contributed by atoms with van der Waals surface area (Å²) in [6.07, 6.45) is 0.509. The third kappa shape index (κ3) is 10.8. The Labute approximate surface area is 65.2 Å². The fourth-order valence-corrected chi connectivity index (χ4v) is 0.372. The minimum absolute atomic E-state index is 0. The Morgan fingerprint density at radius 3 is 2.10 bits per heavy atom. The van der Waals surface area contributed by atoms with Gasteiger partial charge >= 0.3 is 0 Å². The second kappa shape index (κ2) is 11.7. The molecule has 0 aliphatic carbocycles. The summed E-state index contributed by atoms with van der Waals surface area (Å²) in [5, 5.41) is 8.86. The van der Waals surface area contributed by atoms with Gasteiger partial charge in [-0.1, -0.05) is 21.8 Å². The summed E-state index contributed by atoms with van der Waals surface area (Å²) in [7, 11) is 0. The SMILES string of the molecule is C.C.CCOCC(O)CC. The zero-order valence-corrected chi connectivity index (χ0v) is 5.55. The smallest absolute Gasteiger partial charge is 0.0771 e. The van der Waals surface area contributed by atoms with Crippen LogP contribution in [0.15, 0.2) is 0 Å². The highest BCUT2D eigenvalue weighted by Gasteiger charge is 1.96. The maximum Gasteiger partial charge on any atom is 0.0771 e. The monoisotopic (exact) mass is 150 g/mol. The van der Waals surface area contributed by atoms with E-state index >= 15 is 0 Å². The molecule has 0 fully saturated rings. The number of aliphatic hydroxyl groups excluding tert-OH is 1. The van der Waals surface area contributed by atoms with Crippen LogP contribution in [0.4, 0.5) is 0 Å². The average molecular weight is 150 g/mol. The van der Waals surface area contributed by atoms with Gasteiger partial charge in [-0.2, -0.15) is 0 Å². The summed E-state index contributed by atoms with van der Waals surface area (Å²) in [4.78, 5) is 0. The van der Waals surface area contributed by atoms with Crippen LogP contribution in [0, 0.1) is 0 Å². The van der Waals surface area contributed by atoms with Crippen molar-refractivity contribution in [1.82, 2.24) is 0 Å². The summed E-state index contributed by atoms with van der Waals surface area (Å²) in [5.74, 6) is 0. The molecular weight excluding hydrogens is 128 g/mol. The van der Waals surface area contributed by atoms with Gasteiger partial charge in [0.1, 0.15) is 0 Å². The Hall–Kier alpha value is -0.0800. The van der Waals surface area contributed by atoms with Crippen molar-refractivity contribution in [3.05, 3.63) is 0 Å². The van der Waals surface area contributed by atoms with E-state index in [4.69, 9.17) is 9.84 Å². The van der Waals surface area contributed by atoms with Crippen LogP contribution in [-0.2, 0) is 4.74 Å². The molecule has 1 unspecified atom stereocenters. The second-order valence-electron chi connectivity index (χ2n) is 1.72. The van der Waals surface area contributed by atoms with Crippen LogP contribution in [0.1, 0.15) is 35.1 Å². The quantitative estimate of drug-likeness (QED) is 0.664. The molecule has 0 saturated carbocycles. The summed E-state index contributed by atoms with van der Waals surface area (Å²) < 4.78 is 4.94. The lowest BCUT2D eigenvalue weighted by atomic mass is 10.3. The third-order valence-electron chi connectivity index (χ3n) is 0.986. The highest BCUT2D eigenvalue weighted by atomic mass is 16.5. The maximum atomic E-state index is 8.86. The third-order valence-corrected chi connectivity index (χ3v) is 0.986. The molecule has 0 radical (unpaired) electrons. The Morgan fingerprint density at radius 1 is 1.30 bits per heavy atom. The van der Waals surface area contributed by atoms with Gasteiger partial charge in [-0.25, -0.2) is 0 Å². The lowest BCUT2D eigenvalue weighted by Crippen LogP contribution is -2.13. The van der Waals surface area contributed by atoms with Gasteiger partial charge in [-0.15, -0.1) is 0 Å². The number of hydrogen-bond acceptors (Lipinski definition) is 2. The van der Waals surface area contributed by atoms with E-state index in [1.165, 1.54) is 0 Å². The lowest BCUT2D eigenvalue weighted by molar-refractivity contribution is 0.0408. The normalized spacial score (nSPS) is 11.1. The highest BCUT2D eigenvalue weighted by Crippen LogP contribution is 1.89. The van der Waals surface area contributed by atoms with Crippen LogP contribution in [0.5, 0.6) is 0 Å². The molecule has 66 valence electrons. The molecule has 0 aromatic carbocycles. The van der Waals surface area contributed by atoms with Crippen molar-refractivity contribution in [2.45, 2.75) is 41.2 Å². The van der Waals surface area contributed by atoms with Gasteiger partial charge in [0.25, 0.3) is 0 Å². The van der Waals surface area contributed by atoms with Crippen molar-refractivity contribution in [1.29, 1.82) is 0 Å². The molecule has 0 amide bonds. The van der Waals surface area contributed by atoms with Crippen LogP contribution in [-0.4, -0.2) is 24.4 Å². The Balaban J connectivity index is -0.000000245. The van der Waals surface area contributed by atoms with E-state index < -0.39 is 0 Å². The van der Waals surface area contributed by atoms with Gasteiger partial charge in [0.2, 0.25) is 0 Å². The van der Waals surface area contributed by atoms with Crippen molar-refractivity contribution >= 4 is 0 Å². The van der Waals surface area contributed by atoms with Crippen molar-refractivity contribution in [2.75, 3.05) is 13.2 Å². The predicted molar refractivity (Wildman–Crippen MR) is 46.3 cm³/mol. The molecule has 0 heterocycles. The Bertz CT molecular complexity index is 46.5. The fourth-order valence-electron chi connectivity index (χ4n) is 0.372. The molecule has 0 aliphatic rings. The first kappa shape index (κ1) is 16.5. The van der Waals surface area contributed by atoms with Crippen LogP contribution in [0.3, 0.4) is 0 Å². The van der Waals surface area contributed by atoms with Crippen molar-refractivity contribution < 1.29 is 9.84 Å². The molecule has 0 aromatic heterocycles. The minimum Gasteiger partial charge on any atom is -0.391 e. The molecule has 2 nitrogen and oxygen atoms in total. The number of rotatable bonds is 4. The highest BCUT2D eigenvalue weighted by molar-refractivity contribution is 4.46. The molecule has 0 aliphatic heterocycles. The summed E-state index contributed by atoms with van der Waals surface area (Å²) in [6, 6.07) is 0. The molecule has 0 aromatic rings. The van der Waals surface area contributed by atoms with Gasteiger partial charge in [-0.3, -0.25) is 0 Å². The van der Waals surface area contributed by atoms with Crippen LogP contribution < -0.4 is 0 Å². The summed E-state index contributed by atoms with van der Waals surface area (Å²) in [6.45, 7) is 5.02. The van der Waals surface area contributed by atoms with E-state index in [2.05, 4.69) is 0 Å². The van der Waals surface area contributed by atoms with Crippen molar-refractivity contribution in [2.24, 2.45) is 0 Å². The van der Waals surface area contributed by atoms with E-state index in [9.17, 15) is 0 Å². The molecule has 2 heteroatoms. The van der Waals surface area contributed by atoms with E-state index in [-0.39, 0.29) is 21.0 Å². The number of ether oxygens (including phenoxy) is 1. The van der Waals surface area contributed by atoms with Gasteiger partial charge in [0, 0.05) is 6.61 Å². The largest absolute Gasteiger partial charge is 0.391 e. The molecular formula is C8H22O2. The summed E-state index contributed by atoms with van der Waals surface area (Å²) in [5.41, 5.74) is 0. The van der Waals surface area contributed by atoms with Gasteiger partial charge in [-0.05, 0) is 13.3 Å².